The number of hydrogen-bond donors (Lipinski definition) is 1. The first-order chi connectivity index (χ1) is 8.53. The molecule has 0 spiro atoms. The summed E-state index contributed by atoms with van der Waals surface area (Å²) in [6.07, 6.45) is 6.93. The number of benzene rings is 1. The zero-order valence-electron chi connectivity index (χ0n) is 10.1. The molecule has 0 saturated heterocycles. The van der Waals surface area contributed by atoms with Crippen molar-refractivity contribution in [3.8, 4) is 0 Å². The summed E-state index contributed by atoms with van der Waals surface area (Å²) >= 11 is 12.0. The number of halogens is 2. The van der Waals surface area contributed by atoms with Gasteiger partial charge in [-0.1, -0.05) is 48.5 Å². The number of primary amides is 1. The largest absolute Gasteiger partial charge is 0.369 e. The molecular weight excluding hydrogens is 269 g/mol. The molecular formula is C14H16Cl2NO. The summed E-state index contributed by atoms with van der Waals surface area (Å²) in [6, 6.07) is 5.58. The van der Waals surface area contributed by atoms with Crippen LogP contribution in [0.3, 0.4) is 0 Å². The van der Waals surface area contributed by atoms with Gasteiger partial charge in [-0.15, -0.1) is 0 Å². The lowest BCUT2D eigenvalue weighted by molar-refractivity contribution is -0.115. The summed E-state index contributed by atoms with van der Waals surface area (Å²) in [5.41, 5.74) is 6.13. The molecule has 0 heterocycles. The molecule has 18 heavy (non-hydrogen) atoms. The van der Waals surface area contributed by atoms with Gasteiger partial charge >= 0.3 is 0 Å². The highest BCUT2D eigenvalue weighted by Crippen LogP contribution is 2.43. The minimum atomic E-state index is -0.372. The minimum Gasteiger partial charge on any atom is -0.369 e. The summed E-state index contributed by atoms with van der Waals surface area (Å²) < 4.78 is 0. The SMILES string of the molecule is NC(=O)[CH]C1(c2ccc(Cl)c(Cl)c2)CCCCC1. The van der Waals surface area contributed by atoms with Crippen LogP contribution >= 0.6 is 23.2 Å². The summed E-state index contributed by atoms with van der Waals surface area (Å²) in [7, 11) is 0. The van der Waals surface area contributed by atoms with E-state index in [9.17, 15) is 4.79 Å². The number of nitrogens with two attached hydrogens (primary N) is 1. The second kappa shape index (κ2) is 5.50. The number of amides is 1. The van der Waals surface area contributed by atoms with Gasteiger partial charge < -0.3 is 5.73 Å². The zero-order chi connectivity index (χ0) is 13.2. The summed E-state index contributed by atoms with van der Waals surface area (Å²) in [5, 5.41) is 1.06. The van der Waals surface area contributed by atoms with Gasteiger partial charge in [0.2, 0.25) is 5.91 Å². The molecule has 0 aromatic heterocycles. The third-order valence-corrected chi connectivity index (χ3v) is 4.40. The van der Waals surface area contributed by atoms with E-state index in [2.05, 4.69) is 0 Å². The maximum absolute atomic E-state index is 11.3. The van der Waals surface area contributed by atoms with Crippen LogP contribution in [0.15, 0.2) is 18.2 Å². The molecule has 0 bridgehead atoms. The van der Waals surface area contributed by atoms with Crippen LogP contribution < -0.4 is 5.73 Å². The van der Waals surface area contributed by atoms with Crippen LogP contribution in [0, 0.1) is 6.42 Å². The lowest BCUT2D eigenvalue weighted by atomic mass is 9.67. The summed E-state index contributed by atoms with van der Waals surface area (Å²) in [4.78, 5) is 11.3. The third kappa shape index (κ3) is 2.81. The van der Waals surface area contributed by atoms with Crippen LogP contribution in [-0.2, 0) is 10.2 Å². The fourth-order valence-electron chi connectivity index (χ4n) is 2.78. The van der Waals surface area contributed by atoms with Crippen LogP contribution in [0.4, 0.5) is 0 Å². The van der Waals surface area contributed by atoms with Gasteiger partial charge in [-0.2, -0.15) is 0 Å². The van der Waals surface area contributed by atoms with Crippen molar-refractivity contribution in [3.05, 3.63) is 40.2 Å². The van der Waals surface area contributed by atoms with Crippen LogP contribution in [0.5, 0.6) is 0 Å². The first-order valence-corrected chi connectivity index (χ1v) is 6.90. The van der Waals surface area contributed by atoms with Crippen molar-refractivity contribution in [2.75, 3.05) is 0 Å². The van der Waals surface area contributed by atoms with Gasteiger partial charge in [0, 0.05) is 5.41 Å². The Labute approximate surface area is 117 Å². The van der Waals surface area contributed by atoms with Gasteiger partial charge in [0.1, 0.15) is 0 Å². The first kappa shape index (κ1) is 13.7. The van der Waals surface area contributed by atoms with Gasteiger partial charge in [-0.25, -0.2) is 0 Å². The molecule has 4 heteroatoms. The summed E-state index contributed by atoms with van der Waals surface area (Å²) in [6.45, 7) is 0. The molecule has 1 aliphatic carbocycles. The Hall–Kier alpha value is -0.730. The Morgan fingerprint density at radius 1 is 1.17 bits per heavy atom. The van der Waals surface area contributed by atoms with Crippen LogP contribution in [0.2, 0.25) is 10.0 Å². The molecule has 0 aliphatic heterocycles. The second-order valence-corrected chi connectivity index (χ2v) is 5.71. The van der Waals surface area contributed by atoms with E-state index < -0.39 is 0 Å². The van der Waals surface area contributed by atoms with Crippen LogP contribution in [0.25, 0.3) is 0 Å². The zero-order valence-corrected chi connectivity index (χ0v) is 11.6. The molecule has 2 rings (SSSR count). The highest BCUT2D eigenvalue weighted by Gasteiger charge is 2.36. The van der Waals surface area contributed by atoms with Crippen molar-refractivity contribution in [1.82, 2.24) is 0 Å². The predicted molar refractivity (Wildman–Crippen MR) is 74.7 cm³/mol. The molecule has 1 saturated carbocycles. The third-order valence-electron chi connectivity index (χ3n) is 3.66. The van der Waals surface area contributed by atoms with Gasteiger partial charge in [0.05, 0.1) is 16.5 Å². The fraction of sp³-hybridized carbons (Fsp3) is 0.429. The van der Waals surface area contributed by atoms with Gasteiger partial charge in [-0.3, -0.25) is 4.79 Å². The van der Waals surface area contributed by atoms with E-state index in [4.69, 9.17) is 28.9 Å². The number of hydrogen-bond acceptors (Lipinski definition) is 1. The normalized spacial score (nSPS) is 18.6. The van der Waals surface area contributed by atoms with Crippen molar-refractivity contribution in [2.45, 2.75) is 37.5 Å². The minimum absolute atomic E-state index is 0.266. The molecule has 1 amide bonds. The van der Waals surface area contributed by atoms with E-state index in [1.54, 1.807) is 12.5 Å². The maximum atomic E-state index is 11.3. The van der Waals surface area contributed by atoms with Crippen molar-refractivity contribution >= 4 is 29.1 Å². The average Bonchev–Trinajstić information content (AvgIpc) is 2.33. The smallest absolute Gasteiger partial charge is 0.222 e. The number of carbonyl (C=O) groups is 1. The summed E-state index contributed by atoms with van der Waals surface area (Å²) in [5.74, 6) is -0.372. The Morgan fingerprint density at radius 3 is 2.39 bits per heavy atom. The molecule has 1 aromatic carbocycles. The van der Waals surface area contributed by atoms with E-state index in [1.165, 1.54) is 6.42 Å². The van der Waals surface area contributed by atoms with E-state index in [0.717, 1.165) is 31.2 Å². The lowest BCUT2D eigenvalue weighted by Crippen LogP contribution is -2.35. The lowest BCUT2D eigenvalue weighted by Gasteiger charge is -2.37. The molecule has 1 radical (unpaired) electrons. The Kier molecular flexibility index (Phi) is 4.18. The fourth-order valence-corrected chi connectivity index (χ4v) is 3.08. The molecule has 1 aliphatic rings. The standard InChI is InChI=1S/C14H16Cl2NO/c15-11-5-4-10(8-12(11)16)14(9-13(17)18)6-2-1-3-7-14/h4-5,8-9H,1-3,6-7H2,(H2,17,18). The number of rotatable bonds is 3. The number of carbonyl (C=O) groups excluding carboxylic acids is 1. The van der Waals surface area contributed by atoms with Crippen molar-refractivity contribution in [1.29, 1.82) is 0 Å². The van der Waals surface area contributed by atoms with Crippen molar-refractivity contribution in [3.63, 3.8) is 0 Å². The van der Waals surface area contributed by atoms with Gasteiger partial charge in [-0.05, 0) is 30.5 Å². The van der Waals surface area contributed by atoms with E-state index in [-0.39, 0.29) is 11.3 Å². The van der Waals surface area contributed by atoms with Crippen LogP contribution in [0.1, 0.15) is 37.7 Å². The van der Waals surface area contributed by atoms with E-state index in [0.29, 0.717) is 10.0 Å². The highest BCUT2D eigenvalue weighted by atomic mass is 35.5. The molecule has 0 unspecified atom stereocenters. The molecule has 2 nitrogen and oxygen atoms in total. The molecule has 2 N–H and O–H groups in total. The topological polar surface area (TPSA) is 43.1 Å². The van der Waals surface area contributed by atoms with Gasteiger partial charge in [0.25, 0.3) is 0 Å². The predicted octanol–water partition coefficient (Wildman–Crippen LogP) is 3.88. The monoisotopic (exact) mass is 284 g/mol. The average molecular weight is 285 g/mol. The van der Waals surface area contributed by atoms with E-state index >= 15 is 0 Å². The van der Waals surface area contributed by atoms with Gasteiger partial charge in [0.15, 0.2) is 0 Å². The van der Waals surface area contributed by atoms with E-state index in [1.807, 2.05) is 12.1 Å². The maximum Gasteiger partial charge on any atom is 0.222 e. The second-order valence-electron chi connectivity index (χ2n) is 4.89. The van der Waals surface area contributed by atoms with Crippen LogP contribution in [-0.4, -0.2) is 5.91 Å². The Bertz CT molecular complexity index is 453. The quantitative estimate of drug-likeness (QED) is 0.899. The van der Waals surface area contributed by atoms with Crippen molar-refractivity contribution < 1.29 is 4.79 Å². The van der Waals surface area contributed by atoms with Crippen molar-refractivity contribution in [2.24, 2.45) is 5.73 Å². The Morgan fingerprint density at radius 2 is 1.83 bits per heavy atom. The first-order valence-electron chi connectivity index (χ1n) is 6.14. The Balaban J connectivity index is 2.38. The molecule has 1 fully saturated rings. The molecule has 1 aromatic rings. The molecule has 97 valence electrons. The molecule has 0 atom stereocenters. The highest BCUT2D eigenvalue weighted by molar-refractivity contribution is 6.42.